The predicted octanol–water partition coefficient (Wildman–Crippen LogP) is 7.32. The Hall–Kier alpha value is -1.58. The van der Waals surface area contributed by atoms with Gasteiger partial charge in [0.15, 0.2) is 0 Å². The Bertz CT molecular complexity index is 956. The van der Waals surface area contributed by atoms with Crippen LogP contribution in [0.25, 0.3) is 0 Å². The molecule has 29 heavy (non-hydrogen) atoms. The van der Waals surface area contributed by atoms with Crippen LogP contribution in [-0.2, 0) is 16.6 Å². The van der Waals surface area contributed by atoms with Gasteiger partial charge in [0.05, 0.1) is 11.3 Å². The second-order valence-electron chi connectivity index (χ2n) is 6.20. The fraction of sp³-hybridized carbons (Fsp3) is 0.278. The molecule has 1 unspecified atom stereocenters. The van der Waals surface area contributed by atoms with Gasteiger partial charge in [-0.25, -0.2) is 0 Å². The largest absolute Gasteiger partial charge is 0.435 e. The smallest absolute Gasteiger partial charge is 0.374 e. The number of nitrogens with zero attached hydrogens (tertiary/aromatic N) is 1. The minimum Gasteiger partial charge on any atom is -0.374 e. The lowest BCUT2D eigenvalue weighted by Gasteiger charge is -2.29. The van der Waals surface area contributed by atoms with Gasteiger partial charge in [0, 0.05) is 32.5 Å². The van der Waals surface area contributed by atoms with E-state index in [1.54, 1.807) is 0 Å². The molecule has 0 aromatic heterocycles. The molecule has 3 rings (SSSR count). The lowest BCUT2D eigenvalue weighted by Crippen LogP contribution is -2.42. The molecule has 1 aliphatic heterocycles. The molecule has 1 heterocycles. The zero-order valence-electron chi connectivity index (χ0n) is 14.5. The van der Waals surface area contributed by atoms with Gasteiger partial charge < -0.3 is 4.84 Å². The molecular weight excluding hydrogens is 463 g/mol. The molecule has 0 radical (unpaired) electrons. The Morgan fingerprint density at radius 2 is 1.62 bits per heavy atom. The zero-order chi connectivity index (χ0) is 21.6. The molecule has 0 spiro atoms. The standard InChI is InChI=1S/C18H11Cl2F6NOS/c1-29-15-3-2-9(4-13(15)17(21,22)23)14-8-16(28-27-14,18(24,25)26)10-5-11(19)7-12(20)6-10/h2-7H,8H2,1H3. The molecule has 156 valence electrons. The highest BCUT2D eigenvalue weighted by Gasteiger charge is 2.62. The fourth-order valence-corrected chi connectivity index (χ4v) is 4.08. The summed E-state index contributed by atoms with van der Waals surface area (Å²) in [5.41, 5.74) is -4.64. The van der Waals surface area contributed by atoms with Crippen molar-refractivity contribution in [3.05, 3.63) is 63.1 Å². The van der Waals surface area contributed by atoms with Crippen molar-refractivity contribution < 1.29 is 31.2 Å². The number of oxime groups is 1. The summed E-state index contributed by atoms with van der Waals surface area (Å²) in [6.45, 7) is 0. The van der Waals surface area contributed by atoms with Crippen molar-refractivity contribution in [2.75, 3.05) is 6.26 Å². The van der Waals surface area contributed by atoms with Crippen LogP contribution >= 0.6 is 35.0 Å². The molecule has 0 fully saturated rings. The van der Waals surface area contributed by atoms with Crippen LogP contribution in [0.4, 0.5) is 26.3 Å². The van der Waals surface area contributed by atoms with E-state index in [2.05, 4.69) is 5.16 Å². The summed E-state index contributed by atoms with van der Waals surface area (Å²) < 4.78 is 81.8. The summed E-state index contributed by atoms with van der Waals surface area (Å²) >= 11 is 12.5. The molecule has 0 bridgehead atoms. The van der Waals surface area contributed by atoms with Crippen LogP contribution in [0.1, 0.15) is 23.1 Å². The number of thioether (sulfide) groups is 1. The number of rotatable bonds is 3. The van der Waals surface area contributed by atoms with Crippen molar-refractivity contribution in [3.63, 3.8) is 0 Å². The summed E-state index contributed by atoms with van der Waals surface area (Å²) in [5, 5.41) is 3.39. The first-order valence-corrected chi connectivity index (χ1v) is 9.89. The van der Waals surface area contributed by atoms with Crippen molar-refractivity contribution in [3.8, 4) is 0 Å². The second-order valence-corrected chi connectivity index (χ2v) is 7.92. The highest BCUT2D eigenvalue weighted by atomic mass is 35.5. The number of benzene rings is 2. The van der Waals surface area contributed by atoms with E-state index in [4.69, 9.17) is 28.0 Å². The van der Waals surface area contributed by atoms with E-state index in [0.29, 0.717) is 0 Å². The minimum absolute atomic E-state index is 0.0446. The number of halogens is 8. The summed E-state index contributed by atoms with van der Waals surface area (Å²) in [4.78, 5) is 4.76. The highest BCUT2D eigenvalue weighted by molar-refractivity contribution is 7.98. The van der Waals surface area contributed by atoms with Crippen LogP contribution in [0, 0.1) is 0 Å². The van der Waals surface area contributed by atoms with Crippen LogP contribution in [0.3, 0.4) is 0 Å². The van der Waals surface area contributed by atoms with E-state index in [0.717, 1.165) is 30.0 Å². The highest BCUT2D eigenvalue weighted by Crippen LogP contribution is 2.50. The van der Waals surface area contributed by atoms with Gasteiger partial charge in [-0.15, -0.1) is 11.8 Å². The second kappa shape index (κ2) is 7.59. The summed E-state index contributed by atoms with van der Waals surface area (Å²) in [6, 6.07) is 6.57. The molecule has 0 saturated carbocycles. The van der Waals surface area contributed by atoms with Gasteiger partial charge in [0.2, 0.25) is 0 Å². The molecule has 1 atom stereocenters. The third-order valence-corrected chi connectivity index (χ3v) is 5.59. The van der Waals surface area contributed by atoms with Gasteiger partial charge in [-0.3, -0.25) is 0 Å². The van der Waals surface area contributed by atoms with Gasteiger partial charge in [0.25, 0.3) is 5.60 Å². The predicted molar refractivity (Wildman–Crippen MR) is 99.7 cm³/mol. The molecule has 11 heteroatoms. The van der Waals surface area contributed by atoms with Crippen molar-refractivity contribution in [1.82, 2.24) is 0 Å². The average molecular weight is 474 g/mol. The third-order valence-electron chi connectivity index (χ3n) is 4.35. The maximum Gasteiger partial charge on any atom is 0.435 e. The van der Waals surface area contributed by atoms with Crippen LogP contribution < -0.4 is 0 Å². The summed E-state index contributed by atoms with van der Waals surface area (Å²) in [5.74, 6) is 0. The van der Waals surface area contributed by atoms with Gasteiger partial charge in [-0.05, 0) is 36.6 Å². The lowest BCUT2D eigenvalue weighted by atomic mass is 9.86. The first kappa shape index (κ1) is 22.1. The topological polar surface area (TPSA) is 21.6 Å². The molecule has 1 aliphatic rings. The van der Waals surface area contributed by atoms with Crippen molar-refractivity contribution in [1.29, 1.82) is 0 Å². The molecule has 0 saturated heterocycles. The van der Waals surface area contributed by atoms with Gasteiger partial charge >= 0.3 is 12.4 Å². The van der Waals surface area contributed by atoms with Gasteiger partial charge in [0.1, 0.15) is 0 Å². The van der Waals surface area contributed by atoms with Crippen LogP contribution in [-0.4, -0.2) is 18.1 Å². The van der Waals surface area contributed by atoms with E-state index in [-0.39, 0.29) is 26.2 Å². The Labute approximate surface area is 175 Å². The summed E-state index contributed by atoms with van der Waals surface area (Å²) in [7, 11) is 0. The zero-order valence-corrected chi connectivity index (χ0v) is 16.8. The summed E-state index contributed by atoms with van der Waals surface area (Å²) in [6.07, 6.45) is -8.96. The van der Waals surface area contributed by atoms with Crippen molar-refractivity contribution in [2.45, 2.75) is 29.3 Å². The third kappa shape index (κ3) is 4.18. The van der Waals surface area contributed by atoms with Crippen molar-refractivity contribution in [2.24, 2.45) is 5.16 Å². The minimum atomic E-state index is -4.93. The number of hydrogen-bond acceptors (Lipinski definition) is 3. The normalized spacial score (nSPS) is 19.8. The Morgan fingerprint density at radius 1 is 1.00 bits per heavy atom. The molecule has 0 aliphatic carbocycles. The number of hydrogen-bond donors (Lipinski definition) is 0. The van der Waals surface area contributed by atoms with E-state index >= 15 is 0 Å². The monoisotopic (exact) mass is 473 g/mol. The van der Waals surface area contributed by atoms with E-state index in [1.807, 2.05) is 0 Å². The first-order valence-electron chi connectivity index (χ1n) is 7.91. The fourth-order valence-electron chi connectivity index (χ4n) is 2.95. The maximum absolute atomic E-state index is 14.0. The maximum atomic E-state index is 14.0. The Balaban J connectivity index is 2.06. The Kier molecular flexibility index (Phi) is 5.79. The van der Waals surface area contributed by atoms with Crippen LogP contribution in [0.5, 0.6) is 0 Å². The van der Waals surface area contributed by atoms with E-state index in [9.17, 15) is 26.3 Å². The van der Waals surface area contributed by atoms with Gasteiger partial charge in [-0.2, -0.15) is 26.3 Å². The average Bonchev–Trinajstić information content (AvgIpc) is 3.06. The molecule has 0 N–H and O–H groups in total. The quantitative estimate of drug-likeness (QED) is 0.344. The molecule has 2 aromatic rings. The first-order chi connectivity index (χ1) is 13.4. The SMILES string of the molecule is CSc1ccc(C2=NOC(c3cc(Cl)cc(Cl)c3)(C(F)(F)F)C2)cc1C(F)(F)F. The van der Waals surface area contributed by atoms with Crippen LogP contribution in [0.15, 0.2) is 46.4 Å². The molecular formula is C18H11Cl2F6NOS. The lowest BCUT2D eigenvalue weighted by molar-refractivity contribution is -0.275. The van der Waals surface area contributed by atoms with E-state index in [1.165, 1.54) is 24.5 Å². The van der Waals surface area contributed by atoms with Crippen molar-refractivity contribution >= 4 is 40.7 Å². The van der Waals surface area contributed by atoms with Gasteiger partial charge in [-0.1, -0.05) is 34.4 Å². The number of alkyl halides is 6. The molecule has 2 nitrogen and oxygen atoms in total. The molecule has 0 amide bonds. The van der Waals surface area contributed by atoms with E-state index < -0.39 is 35.5 Å². The Morgan fingerprint density at radius 3 is 2.14 bits per heavy atom. The molecule has 2 aromatic carbocycles. The van der Waals surface area contributed by atoms with Crippen LogP contribution in [0.2, 0.25) is 10.0 Å².